The normalized spacial score (nSPS) is 30.2. The van der Waals surface area contributed by atoms with Crippen LogP contribution in [0.25, 0.3) is 0 Å². The SMILES string of the molecule is CC(CCl)CS(=O)(=O)N1CCC(C)C(C)C1. The number of hydrogen-bond donors (Lipinski definition) is 0. The molecule has 1 heterocycles. The lowest BCUT2D eigenvalue weighted by molar-refractivity contribution is 0.212. The topological polar surface area (TPSA) is 37.4 Å². The minimum atomic E-state index is -3.10. The summed E-state index contributed by atoms with van der Waals surface area (Å²) in [5.74, 6) is 1.68. The maximum Gasteiger partial charge on any atom is 0.214 e. The predicted octanol–water partition coefficient (Wildman–Crippen LogP) is 2.17. The van der Waals surface area contributed by atoms with E-state index < -0.39 is 10.0 Å². The Morgan fingerprint density at radius 1 is 1.38 bits per heavy atom. The van der Waals surface area contributed by atoms with Gasteiger partial charge in [0.25, 0.3) is 0 Å². The first kappa shape index (κ1) is 14.3. The first-order valence-electron chi connectivity index (χ1n) is 5.90. The molecule has 1 aliphatic heterocycles. The van der Waals surface area contributed by atoms with Crippen LogP contribution < -0.4 is 0 Å². The highest BCUT2D eigenvalue weighted by Gasteiger charge is 2.31. The molecule has 5 heteroatoms. The molecule has 3 nitrogen and oxygen atoms in total. The van der Waals surface area contributed by atoms with Gasteiger partial charge < -0.3 is 0 Å². The van der Waals surface area contributed by atoms with Gasteiger partial charge in [0, 0.05) is 19.0 Å². The van der Waals surface area contributed by atoms with Crippen molar-refractivity contribution in [1.82, 2.24) is 4.31 Å². The Kier molecular flexibility index (Phi) is 5.08. The van der Waals surface area contributed by atoms with Gasteiger partial charge in [-0.2, -0.15) is 0 Å². The summed E-state index contributed by atoms with van der Waals surface area (Å²) in [4.78, 5) is 0. The zero-order valence-electron chi connectivity index (χ0n) is 10.3. The monoisotopic (exact) mass is 267 g/mol. The Bertz CT molecular complexity index is 318. The van der Waals surface area contributed by atoms with Crippen molar-refractivity contribution in [3.05, 3.63) is 0 Å². The molecule has 96 valence electrons. The van der Waals surface area contributed by atoms with Gasteiger partial charge in [0.05, 0.1) is 5.75 Å². The van der Waals surface area contributed by atoms with Gasteiger partial charge in [-0.05, 0) is 24.2 Å². The lowest BCUT2D eigenvalue weighted by Gasteiger charge is -2.34. The van der Waals surface area contributed by atoms with Gasteiger partial charge in [-0.25, -0.2) is 12.7 Å². The molecule has 0 amide bonds. The molecule has 0 N–H and O–H groups in total. The fraction of sp³-hybridized carbons (Fsp3) is 1.00. The van der Waals surface area contributed by atoms with Crippen LogP contribution >= 0.6 is 11.6 Å². The lowest BCUT2D eigenvalue weighted by Crippen LogP contribution is -2.44. The number of halogens is 1. The van der Waals surface area contributed by atoms with Crippen LogP contribution in [0.4, 0.5) is 0 Å². The molecule has 0 bridgehead atoms. The van der Waals surface area contributed by atoms with E-state index >= 15 is 0 Å². The molecule has 1 rings (SSSR count). The average Bonchev–Trinajstić information content (AvgIpc) is 2.21. The molecule has 0 spiro atoms. The Hall–Kier alpha value is 0.200. The smallest absolute Gasteiger partial charge is 0.212 e. The van der Waals surface area contributed by atoms with Crippen LogP contribution in [0.5, 0.6) is 0 Å². The van der Waals surface area contributed by atoms with E-state index in [9.17, 15) is 8.42 Å². The Morgan fingerprint density at radius 2 is 2.00 bits per heavy atom. The summed E-state index contributed by atoms with van der Waals surface area (Å²) in [6.07, 6.45) is 0.968. The van der Waals surface area contributed by atoms with Gasteiger partial charge in [-0.15, -0.1) is 11.6 Å². The first-order valence-corrected chi connectivity index (χ1v) is 8.05. The highest BCUT2D eigenvalue weighted by Crippen LogP contribution is 2.25. The van der Waals surface area contributed by atoms with Crippen molar-refractivity contribution in [2.75, 3.05) is 24.7 Å². The van der Waals surface area contributed by atoms with E-state index in [0.29, 0.717) is 30.8 Å². The maximum absolute atomic E-state index is 12.1. The number of sulfonamides is 1. The second kappa shape index (κ2) is 5.69. The standard InChI is InChI=1S/C11H22ClNO2S/c1-9(6-12)8-16(14,15)13-5-4-10(2)11(3)7-13/h9-11H,4-8H2,1-3H3. The van der Waals surface area contributed by atoms with Gasteiger partial charge in [-0.1, -0.05) is 20.8 Å². The highest BCUT2D eigenvalue weighted by molar-refractivity contribution is 7.89. The fourth-order valence-corrected chi connectivity index (χ4v) is 4.12. The molecule has 16 heavy (non-hydrogen) atoms. The average molecular weight is 268 g/mol. The number of rotatable bonds is 4. The fourth-order valence-electron chi connectivity index (χ4n) is 1.99. The van der Waals surface area contributed by atoms with Crippen LogP contribution in [0, 0.1) is 17.8 Å². The summed E-state index contributed by atoms with van der Waals surface area (Å²) in [5, 5.41) is 0. The van der Waals surface area contributed by atoms with E-state index in [1.807, 2.05) is 6.92 Å². The summed E-state index contributed by atoms with van der Waals surface area (Å²) in [7, 11) is -3.10. The number of piperidine rings is 1. The first-order chi connectivity index (χ1) is 7.36. The molecule has 0 aromatic rings. The number of alkyl halides is 1. The minimum absolute atomic E-state index is 0.0290. The summed E-state index contributed by atoms with van der Waals surface area (Å²) in [6.45, 7) is 7.52. The summed E-state index contributed by atoms with van der Waals surface area (Å²) < 4.78 is 25.8. The van der Waals surface area contributed by atoms with Gasteiger partial charge in [-0.3, -0.25) is 0 Å². The maximum atomic E-state index is 12.1. The summed E-state index contributed by atoms with van der Waals surface area (Å²) >= 11 is 5.67. The molecule has 0 aromatic heterocycles. The molecule has 3 atom stereocenters. The van der Waals surface area contributed by atoms with Gasteiger partial charge in [0.2, 0.25) is 10.0 Å². The van der Waals surface area contributed by atoms with Crippen molar-refractivity contribution >= 4 is 21.6 Å². The molecular weight excluding hydrogens is 246 g/mol. The molecule has 1 fully saturated rings. The quantitative estimate of drug-likeness (QED) is 0.732. The Balaban J connectivity index is 2.63. The van der Waals surface area contributed by atoms with E-state index in [-0.39, 0.29) is 11.7 Å². The molecule has 0 saturated carbocycles. The molecule has 1 aliphatic rings. The largest absolute Gasteiger partial charge is 0.214 e. The van der Waals surface area contributed by atoms with E-state index in [0.717, 1.165) is 6.42 Å². The molecule has 1 saturated heterocycles. The van der Waals surface area contributed by atoms with Gasteiger partial charge in [0.15, 0.2) is 0 Å². The van der Waals surface area contributed by atoms with Crippen molar-refractivity contribution in [1.29, 1.82) is 0 Å². The van der Waals surface area contributed by atoms with E-state index in [1.54, 1.807) is 4.31 Å². The van der Waals surface area contributed by atoms with Crippen molar-refractivity contribution in [3.8, 4) is 0 Å². The minimum Gasteiger partial charge on any atom is -0.212 e. The highest BCUT2D eigenvalue weighted by atomic mass is 35.5. The zero-order valence-corrected chi connectivity index (χ0v) is 11.9. The van der Waals surface area contributed by atoms with Crippen molar-refractivity contribution < 1.29 is 8.42 Å². The van der Waals surface area contributed by atoms with Gasteiger partial charge >= 0.3 is 0 Å². The summed E-state index contributed by atoms with van der Waals surface area (Å²) in [5.41, 5.74) is 0. The van der Waals surface area contributed by atoms with E-state index in [2.05, 4.69) is 13.8 Å². The van der Waals surface area contributed by atoms with Gasteiger partial charge in [0.1, 0.15) is 0 Å². The van der Waals surface area contributed by atoms with E-state index in [1.165, 1.54) is 0 Å². The molecule has 3 unspecified atom stereocenters. The van der Waals surface area contributed by atoms with E-state index in [4.69, 9.17) is 11.6 Å². The van der Waals surface area contributed by atoms with Crippen LogP contribution in [-0.2, 0) is 10.0 Å². The van der Waals surface area contributed by atoms with Crippen molar-refractivity contribution in [2.45, 2.75) is 27.2 Å². The van der Waals surface area contributed by atoms with Crippen molar-refractivity contribution in [3.63, 3.8) is 0 Å². The van der Waals surface area contributed by atoms with Crippen LogP contribution in [0.15, 0.2) is 0 Å². The predicted molar refractivity (Wildman–Crippen MR) is 68.2 cm³/mol. The number of nitrogens with zero attached hydrogens (tertiary/aromatic N) is 1. The summed E-state index contributed by atoms with van der Waals surface area (Å²) in [6, 6.07) is 0. The third kappa shape index (κ3) is 3.60. The molecule has 0 aliphatic carbocycles. The second-order valence-corrected chi connectivity index (χ2v) is 7.46. The molecule has 0 radical (unpaired) electrons. The number of hydrogen-bond acceptors (Lipinski definition) is 2. The van der Waals surface area contributed by atoms with Crippen LogP contribution in [0.3, 0.4) is 0 Å². The third-order valence-electron chi connectivity index (χ3n) is 3.45. The molecule has 0 aromatic carbocycles. The van der Waals surface area contributed by atoms with Crippen LogP contribution in [0.1, 0.15) is 27.2 Å². The second-order valence-electron chi connectivity index (χ2n) is 5.14. The van der Waals surface area contributed by atoms with Crippen LogP contribution in [0.2, 0.25) is 0 Å². The Morgan fingerprint density at radius 3 is 2.50 bits per heavy atom. The third-order valence-corrected chi connectivity index (χ3v) is 6.08. The zero-order chi connectivity index (χ0) is 12.3. The van der Waals surface area contributed by atoms with Crippen molar-refractivity contribution in [2.24, 2.45) is 17.8 Å². The lowest BCUT2D eigenvalue weighted by atomic mass is 9.90. The van der Waals surface area contributed by atoms with Crippen LogP contribution in [-0.4, -0.2) is 37.4 Å². The Labute approximate surface area is 104 Å². The molecular formula is C11H22ClNO2S.